The minimum Gasteiger partial charge on any atom is -0.380 e. The number of ether oxygens (including phenoxy) is 1. The van der Waals surface area contributed by atoms with Gasteiger partial charge in [-0.1, -0.05) is 0 Å². The number of halogens is 1. The molecule has 1 rings (SSSR count). The molecule has 0 spiro atoms. The molecular formula is C11H15BrN2O4S. The molecule has 0 fully saturated rings. The molecule has 1 unspecified atom stereocenters. The van der Waals surface area contributed by atoms with E-state index in [1.54, 1.807) is 6.92 Å². The molecule has 0 aliphatic heterocycles. The van der Waals surface area contributed by atoms with E-state index in [4.69, 9.17) is 9.88 Å². The summed E-state index contributed by atoms with van der Waals surface area (Å²) in [7, 11) is -2.34. The molecule has 0 bridgehead atoms. The summed E-state index contributed by atoms with van der Waals surface area (Å²) in [6, 6.07) is 4.20. The Labute approximate surface area is 120 Å². The predicted molar refractivity (Wildman–Crippen MR) is 74.3 cm³/mol. The van der Waals surface area contributed by atoms with Gasteiger partial charge in [0.05, 0.1) is 11.0 Å². The average Bonchev–Trinajstić information content (AvgIpc) is 2.34. The number of primary sulfonamides is 1. The number of nitrogens with one attached hydrogen (secondary N) is 1. The fourth-order valence-corrected chi connectivity index (χ4v) is 2.84. The van der Waals surface area contributed by atoms with Gasteiger partial charge in [0.25, 0.3) is 5.91 Å². The molecule has 6 nitrogen and oxygen atoms in total. The van der Waals surface area contributed by atoms with Crippen LogP contribution in [0.25, 0.3) is 0 Å². The maximum atomic E-state index is 11.8. The Balaban J connectivity index is 2.94. The number of carbonyl (C=O) groups is 1. The number of nitrogens with two attached hydrogens (primary N) is 1. The van der Waals surface area contributed by atoms with E-state index in [1.165, 1.54) is 25.3 Å². The van der Waals surface area contributed by atoms with Crippen LogP contribution in [0, 0.1) is 0 Å². The van der Waals surface area contributed by atoms with Crippen LogP contribution in [-0.2, 0) is 14.8 Å². The van der Waals surface area contributed by atoms with Crippen molar-refractivity contribution in [3.8, 4) is 0 Å². The van der Waals surface area contributed by atoms with E-state index in [-0.39, 0.29) is 22.5 Å². The Morgan fingerprint density at radius 3 is 2.68 bits per heavy atom. The van der Waals surface area contributed by atoms with Gasteiger partial charge in [-0.3, -0.25) is 4.79 Å². The van der Waals surface area contributed by atoms with E-state index < -0.39 is 10.0 Å². The maximum absolute atomic E-state index is 11.8. The van der Waals surface area contributed by atoms with Crippen molar-refractivity contribution in [1.29, 1.82) is 0 Å². The second-order valence-electron chi connectivity index (χ2n) is 3.95. The van der Waals surface area contributed by atoms with Crippen LogP contribution in [0.15, 0.2) is 27.6 Å². The lowest BCUT2D eigenvalue weighted by atomic mass is 10.2. The fourth-order valence-electron chi connectivity index (χ4n) is 1.28. The molecule has 106 valence electrons. The van der Waals surface area contributed by atoms with Gasteiger partial charge in [0.15, 0.2) is 0 Å². The van der Waals surface area contributed by atoms with Crippen molar-refractivity contribution >= 4 is 31.9 Å². The van der Waals surface area contributed by atoms with Gasteiger partial charge in [-0.05, 0) is 41.1 Å². The van der Waals surface area contributed by atoms with Gasteiger partial charge >= 0.3 is 0 Å². The van der Waals surface area contributed by atoms with Crippen LogP contribution in [0.3, 0.4) is 0 Å². The topological polar surface area (TPSA) is 98.5 Å². The molecule has 8 heteroatoms. The number of carbonyl (C=O) groups excluding carboxylic acids is 1. The van der Waals surface area contributed by atoms with Gasteiger partial charge in [0, 0.05) is 23.7 Å². The normalized spacial score (nSPS) is 13.1. The molecule has 1 amide bonds. The molecule has 1 atom stereocenters. The predicted octanol–water partition coefficient (Wildman–Crippen LogP) is 0.861. The SMILES string of the molecule is COC(C)CNC(=O)c1ccc(Br)c(S(N)(=O)=O)c1. The lowest BCUT2D eigenvalue weighted by Crippen LogP contribution is -2.31. The van der Waals surface area contributed by atoms with Gasteiger partial charge in [-0.15, -0.1) is 0 Å². The zero-order valence-electron chi connectivity index (χ0n) is 10.5. The van der Waals surface area contributed by atoms with Crippen LogP contribution < -0.4 is 10.5 Å². The fraction of sp³-hybridized carbons (Fsp3) is 0.364. The number of hydrogen-bond donors (Lipinski definition) is 2. The highest BCUT2D eigenvalue weighted by Crippen LogP contribution is 2.22. The highest BCUT2D eigenvalue weighted by Gasteiger charge is 2.16. The molecule has 1 aromatic carbocycles. The van der Waals surface area contributed by atoms with Gasteiger partial charge in [-0.2, -0.15) is 0 Å². The van der Waals surface area contributed by atoms with Crippen LogP contribution in [0.5, 0.6) is 0 Å². The molecular weight excluding hydrogens is 336 g/mol. The summed E-state index contributed by atoms with van der Waals surface area (Å²) in [6.07, 6.45) is -0.128. The van der Waals surface area contributed by atoms with Crippen molar-refractivity contribution in [2.75, 3.05) is 13.7 Å². The first-order valence-electron chi connectivity index (χ1n) is 5.39. The van der Waals surface area contributed by atoms with E-state index >= 15 is 0 Å². The summed E-state index contributed by atoms with van der Waals surface area (Å²) in [5.41, 5.74) is 0.218. The first-order valence-corrected chi connectivity index (χ1v) is 7.73. The first kappa shape index (κ1) is 16.1. The summed E-state index contributed by atoms with van der Waals surface area (Å²) in [4.78, 5) is 11.7. The minimum atomic E-state index is -3.88. The van der Waals surface area contributed by atoms with Crippen molar-refractivity contribution in [3.05, 3.63) is 28.2 Å². The maximum Gasteiger partial charge on any atom is 0.251 e. The second kappa shape index (κ2) is 6.47. The Kier molecular flexibility index (Phi) is 5.48. The third-order valence-corrected chi connectivity index (χ3v) is 4.36. The summed E-state index contributed by atoms with van der Waals surface area (Å²) in [5.74, 6) is -0.388. The second-order valence-corrected chi connectivity index (χ2v) is 6.33. The lowest BCUT2D eigenvalue weighted by molar-refractivity contribution is 0.0870. The molecule has 0 heterocycles. The standard InChI is InChI=1S/C11H15BrN2O4S/c1-7(18-2)6-14-11(15)8-3-4-9(12)10(5-8)19(13,16)17/h3-5,7H,6H2,1-2H3,(H,14,15)(H2,13,16,17). The zero-order chi connectivity index (χ0) is 14.6. The van der Waals surface area contributed by atoms with E-state index in [1.807, 2.05) is 0 Å². The lowest BCUT2D eigenvalue weighted by Gasteiger charge is -2.11. The molecule has 19 heavy (non-hydrogen) atoms. The molecule has 0 aromatic heterocycles. The van der Waals surface area contributed by atoms with E-state index in [0.717, 1.165) is 0 Å². The highest BCUT2D eigenvalue weighted by molar-refractivity contribution is 9.10. The monoisotopic (exact) mass is 350 g/mol. The van der Waals surface area contributed by atoms with E-state index in [9.17, 15) is 13.2 Å². The van der Waals surface area contributed by atoms with Crippen molar-refractivity contribution in [2.45, 2.75) is 17.9 Å². The summed E-state index contributed by atoms with van der Waals surface area (Å²) in [6.45, 7) is 2.13. The number of hydrogen-bond acceptors (Lipinski definition) is 4. The van der Waals surface area contributed by atoms with Gasteiger partial charge in [0.1, 0.15) is 0 Å². The number of sulfonamides is 1. The van der Waals surface area contributed by atoms with Crippen LogP contribution >= 0.6 is 15.9 Å². The van der Waals surface area contributed by atoms with Crippen molar-refractivity contribution in [1.82, 2.24) is 5.32 Å². The molecule has 3 N–H and O–H groups in total. The van der Waals surface area contributed by atoms with Crippen molar-refractivity contribution in [2.24, 2.45) is 5.14 Å². The van der Waals surface area contributed by atoms with Crippen LogP contribution in [-0.4, -0.2) is 34.1 Å². The average molecular weight is 351 g/mol. The Morgan fingerprint density at radius 2 is 2.16 bits per heavy atom. The quantitative estimate of drug-likeness (QED) is 0.822. The van der Waals surface area contributed by atoms with Gasteiger partial charge in [-0.25, -0.2) is 13.6 Å². The Hall–Kier alpha value is -0.960. The number of benzene rings is 1. The Morgan fingerprint density at radius 1 is 1.53 bits per heavy atom. The van der Waals surface area contributed by atoms with Crippen molar-refractivity contribution in [3.63, 3.8) is 0 Å². The molecule has 0 saturated carbocycles. The third kappa shape index (κ3) is 4.57. The smallest absolute Gasteiger partial charge is 0.251 e. The third-order valence-electron chi connectivity index (χ3n) is 2.45. The van der Waals surface area contributed by atoms with E-state index in [2.05, 4.69) is 21.2 Å². The summed E-state index contributed by atoms with van der Waals surface area (Å²) >= 11 is 3.08. The van der Waals surface area contributed by atoms with Crippen LogP contribution in [0.4, 0.5) is 0 Å². The Bertz CT molecular complexity index is 574. The largest absolute Gasteiger partial charge is 0.380 e. The van der Waals surface area contributed by atoms with Crippen LogP contribution in [0.2, 0.25) is 0 Å². The minimum absolute atomic E-state index is 0.125. The van der Waals surface area contributed by atoms with E-state index in [0.29, 0.717) is 11.0 Å². The zero-order valence-corrected chi connectivity index (χ0v) is 12.9. The highest BCUT2D eigenvalue weighted by atomic mass is 79.9. The molecule has 0 aliphatic carbocycles. The number of amides is 1. The number of methoxy groups -OCH3 is 1. The molecule has 0 radical (unpaired) electrons. The first-order chi connectivity index (χ1) is 8.75. The number of rotatable bonds is 5. The van der Waals surface area contributed by atoms with Crippen molar-refractivity contribution < 1.29 is 17.9 Å². The van der Waals surface area contributed by atoms with Gasteiger partial charge < -0.3 is 10.1 Å². The molecule has 0 saturated heterocycles. The molecule has 0 aliphatic rings. The van der Waals surface area contributed by atoms with Gasteiger partial charge in [0.2, 0.25) is 10.0 Å². The van der Waals surface area contributed by atoms with Crippen LogP contribution in [0.1, 0.15) is 17.3 Å². The summed E-state index contributed by atoms with van der Waals surface area (Å²) in [5, 5.41) is 7.69. The molecule has 1 aromatic rings. The summed E-state index contributed by atoms with van der Waals surface area (Å²) < 4.78 is 28.0.